The fraction of sp³-hybridized carbons (Fsp3) is 0.550. The van der Waals surface area contributed by atoms with Crippen molar-refractivity contribution < 1.29 is 22.5 Å². The molecule has 0 saturated carbocycles. The number of carbonyl (C=O) groups excluding carboxylic acids is 1. The van der Waals surface area contributed by atoms with E-state index in [-0.39, 0.29) is 18.2 Å². The lowest BCUT2D eigenvalue weighted by atomic mass is 9.85. The molecule has 1 N–H and O–H groups in total. The molecule has 0 fully saturated rings. The summed E-state index contributed by atoms with van der Waals surface area (Å²) in [5.74, 6) is -0.971. The highest BCUT2D eigenvalue weighted by molar-refractivity contribution is 5.94. The number of nitrogens with one attached hydrogen (secondary N) is 1. The summed E-state index contributed by atoms with van der Waals surface area (Å²) in [7, 11) is 0. The zero-order chi connectivity index (χ0) is 20.9. The highest BCUT2D eigenvalue weighted by atomic mass is 19.4. The normalized spacial score (nSPS) is 12.4. The van der Waals surface area contributed by atoms with Gasteiger partial charge in [0.1, 0.15) is 0 Å². The van der Waals surface area contributed by atoms with E-state index in [1.165, 1.54) is 5.56 Å². The van der Waals surface area contributed by atoms with E-state index in [4.69, 9.17) is 0 Å². The van der Waals surface area contributed by atoms with Gasteiger partial charge in [-0.2, -0.15) is 18.2 Å². The molecule has 0 atom stereocenters. The van der Waals surface area contributed by atoms with Gasteiger partial charge in [-0.15, -0.1) is 0 Å². The molecule has 8 heteroatoms. The number of rotatable bonds is 8. The van der Waals surface area contributed by atoms with Crippen molar-refractivity contribution >= 4 is 11.6 Å². The summed E-state index contributed by atoms with van der Waals surface area (Å²) in [6, 6.07) is 7.76. The van der Waals surface area contributed by atoms with Crippen molar-refractivity contribution in [2.24, 2.45) is 5.41 Å². The summed E-state index contributed by atoms with van der Waals surface area (Å²) in [5.41, 5.74) is 1.34. The molecule has 0 aliphatic rings. The summed E-state index contributed by atoms with van der Waals surface area (Å²) in [5, 5.41) is 6.26. The molecule has 28 heavy (non-hydrogen) atoms. The minimum atomic E-state index is -4.63. The number of anilines is 1. The van der Waals surface area contributed by atoms with E-state index >= 15 is 0 Å². The number of nitrogens with zero attached hydrogens (tertiary/aromatic N) is 2. The molecule has 1 heterocycles. The van der Waals surface area contributed by atoms with Crippen LogP contribution in [-0.2, 0) is 17.4 Å². The smallest absolute Gasteiger partial charge is 0.329 e. The van der Waals surface area contributed by atoms with E-state index in [0.717, 1.165) is 5.69 Å². The van der Waals surface area contributed by atoms with E-state index in [1.807, 2.05) is 38.1 Å². The number of aryl methyl sites for hydroxylation is 1. The zero-order valence-corrected chi connectivity index (χ0v) is 16.6. The Balaban J connectivity index is 1.80. The summed E-state index contributed by atoms with van der Waals surface area (Å²) >= 11 is 0. The van der Waals surface area contributed by atoms with Crippen LogP contribution in [0.15, 0.2) is 28.8 Å². The molecule has 0 bridgehead atoms. The van der Waals surface area contributed by atoms with Gasteiger partial charge in [-0.25, -0.2) is 0 Å². The number of amides is 1. The lowest BCUT2D eigenvalue weighted by Crippen LogP contribution is -2.30. The number of carbonyl (C=O) groups is 1. The van der Waals surface area contributed by atoms with Gasteiger partial charge in [0.25, 0.3) is 0 Å². The maximum atomic E-state index is 12.6. The van der Waals surface area contributed by atoms with E-state index < -0.39 is 17.5 Å². The van der Waals surface area contributed by atoms with Gasteiger partial charge < -0.3 is 9.84 Å². The molecule has 154 valence electrons. The molecule has 2 rings (SSSR count). The molecule has 1 aromatic carbocycles. The highest BCUT2D eigenvalue weighted by Crippen LogP contribution is 2.28. The summed E-state index contributed by atoms with van der Waals surface area (Å²) in [6.45, 7) is 7.91. The Bertz CT molecular complexity index is 781. The van der Waals surface area contributed by atoms with Crippen molar-refractivity contribution in [3.05, 3.63) is 41.5 Å². The third kappa shape index (κ3) is 6.07. The van der Waals surface area contributed by atoms with Crippen LogP contribution in [0.3, 0.4) is 0 Å². The van der Waals surface area contributed by atoms with Crippen LogP contribution in [0.4, 0.5) is 18.9 Å². The average Bonchev–Trinajstić information content (AvgIpc) is 3.08. The number of benzene rings is 1. The highest BCUT2D eigenvalue weighted by Gasteiger charge is 2.38. The Morgan fingerprint density at radius 2 is 1.79 bits per heavy atom. The van der Waals surface area contributed by atoms with E-state index in [2.05, 4.69) is 33.8 Å². The second kappa shape index (κ2) is 8.75. The molecule has 0 unspecified atom stereocenters. The standard InChI is InChI=1S/C20H26F3N3O2/c1-13(2)14-8-10-15(11-9-14)24-17(27)19(3,4)12-6-5-7-16-25-18(28-26-16)20(21,22)23/h8-11,13H,5-7,12H2,1-4H3,(H,24,27). The Morgan fingerprint density at radius 3 is 2.32 bits per heavy atom. The average molecular weight is 397 g/mol. The van der Waals surface area contributed by atoms with Crippen LogP contribution in [-0.4, -0.2) is 16.0 Å². The molecule has 0 spiro atoms. The molecule has 0 aliphatic heterocycles. The van der Waals surface area contributed by atoms with Crippen molar-refractivity contribution in [3.8, 4) is 0 Å². The fourth-order valence-corrected chi connectivity index (χ4v) is 2.69. The second-order valence-corrected chi connectivity index (χ2v) is 7.84. The van der Waals surface area contributed by atoms with Gasteiger partial charge in [-0.1, -0.05) is 51.4 Å². The van der Waals surface area contributed by atoms with E-state index in [1.54, 1.807) is 0 Å². The first-order valence-corrected chi connectivity index (χ1v) is 9.30. The Kier molecular flexibility index (Phi) is 6.85. The third-order valence-electron chi connectivity index (χ3n) is 4.61. The molecule has 1 amide bonds. The summed E-state index contributed by atoms with van der Waals surface area (Å²) < 4.78 is 41.5. The van der Waals surface area contributed by atoms with Crippen LogP contribution < -0.4 is 5.32 Å². The molecular weight excluding hydrogens is 371 g/mol. The van der Waals surface area contributed by atoms with E-state index in [9.17, 15) is 18.0 Å². The molecule has 0 radical (unpaired) electrons. The molecule has 0 saturated heterocycles. The van der Waals surface area contributed by atoms with Gasteiger partial charge in [0.15, 0.2) is 5.82 Å². The summed E-state index contributed by atoms with van der Waals surface area (Å²) in [4.78, 5) is 15.9. The first-order valence-electron chi connectivity index (χ1n) is 9.30. The topological polar surface area (TPSA) is 68.0 Å². The van der Waals surface area contributed by atoms with Crippen molar-refractivity contribution in [2.45, 2.75) is 65.5 Å². The molecular formula is C20H26F3N3O2. The zero-order valence-electron chi connectivity index (χ0n) is 16.6. The fourth-order valence-electron chi connectivity index (χ4n) is 2.69. The van der Waals surface area contributed by atoms with E-state index in [0.29, 0.717) is 25.2 Å². The minimum absolute atomic E-state index is 0.0276. The maximum absolute atomic E-state index is 12.6. The van der Waals surface area contributed by atoms with Crippen molar-refractivity contribution in [1.29, 1.82) is 0 Å². The van der Waals surface area contributed by atoms with Gasteiger partial charge in [-0.3, -0.25) is 4.79 Å². The third-order valence-corrected chi connectivity index (χ3v) is 4.61. The van der Waals surface area contributed by atoms with Crippen LogP contribution in [0, 0.1) is 5.41 Å². The predicted octanol–water partition coefficient (Wildman–Crippen LogP) is 5.59. The van der Waals surface area contributed by atoms with Crippen molar-refractivity contribution in [2.75, 3.05) is 5.32 Å². The van der Waals surface area contributed by atoms with Crippen LogP contribution in [0.5, 0.6) is 0 Å². The minimum Gasteiger partial charge on any atom is -0.329 e. The lowest BCUT2D eigenvalue weighted by molar-refractivity contribution is -0.159. The predicted molar refractivity (Wildman–Crippen MR) is 99.8 cm³/mol. The van der Waals surface area contributed by atoms with Crippen LogP contribution in [0.1, 0.15) is 70.2 Å². The van der Waals surface area contributed by atoms with Crippen molar-refractivity contribution in [1.82, 2.24) is 10.1 Å². The SMILES string of the molecule is CC(C)c1ccc(NC(=O)C(C)(C)CCCCc2noc(C(F)(F)F)n2)cc1. The van der Waals surface area contributed by atoms with Gasteiger partial charge >= 0.3 is 12.1 Å². The van der Waals surface area contributed by atoms with Crippen LogP contribution in [0.2, 0.25) is 0 Å². The van der Waals surface area contributed by atoms with Gasteiger partial charge in [0.05, 0.1) is 0 Å². The lowest BCUT2D eigenvalue weighted by Gasteiger charge is -2.23. The number of hydrogen-bond acceptors (Lipinski definition) is 4. The van der Waals surface area contributed by atoms with Crippen LogP contribution in [0.25, 0.3) is 0 Å². The maximum Gasteiger partial charge on any atom is 0.471 e. The van der Waals surface area contributed by atoms with Gasteiger partial charge in [0.2, 0.25) is 5.91 Å². The van der Waals surface area contributed by atoms with Gasteiger partial charge in [0, 0.05) is 17.5 Å². The van der Waals surface area contributed by atoms with Gasteiger partial charge in [-0.05, 0) is 36.5 Å². The number of aromatic nitrogens is 2. The second-order valence-electron chi connectivity index (χ2n) is 7.84. The number of alkyl halides is 3. The largest absolute Gasteiger partial charge is 0.471 e. The van der Waals surface area contributed by atoms with Crippen LogP contribution >= 0.6 is 0 Å². The molecule has 5 nitrogen and oxygen atoms in total. The molecule has 2 aromatic rings. The number of halogens is 3. The number of unbranched alkanes of at least 4 members (excludes halogenated alkanes) is 1. The Hall–Kier alpha value is -2.38. The Labute approximate surface area is 162 Å². The first kappa shape index (κ1) is 21.9. The Morgan fingerprint density at radius 1 is 1.14 bits per heavy atom. The molecule has 1 aromatic heterocycles. The monoisotopic (exact) mass is 397 g/mol. The quantitative estimate of drug-likeness (QED) is 0.590. The first-order chi connectivity index (χ1) is 13.0. The summed E-state index contributed by atoms with van der Waals surface area (Å²) in [6.07, 6.45) is -2.54. The van der Waals surface area contributed by atoms with Crippen molar-refractivity contribution in [3.63, 3.8) is 0 Å². The number of hydrogen-bond donors (Lipinski definition) is 1. The molecule has 0 aliphatic carbocycles.